The number of rotatable bonds is 10. The second kappa shape index (κ2) is 9.74. The lowest BCUT2D eigenvalue weighted by Gasteiger charge is -2.19. The van der Waals surface area contributed by atoms with Gasteiger partial charge < -0.3 is 14.8 Å². The minimum Gasteiger partial charge on any atom is -0.496 e. The standard InChI is InChI=1S/C17H30N2O2/c1-6-7-15(12-18-8-9-20-4)10-16-14(3)17(21-5)13(2)11-19-16/h11,15,18H,6-10,12H2,1-5H3. The van der Waals surface area contributed by atoms with Crippen LogP contribution in [0.1, 0.15) is 36.6 Å². The summed E-state index contributed by atoms with van der Waals surface area (Å²) in [6, 6.07) is 0. The first-order valence-corrected chi connectivity index (χ1v) is 7.82. The Morgan fingerprint density at radius 2 is 2.05 bits per heavy atom. The van der Waals surface area contributed by atoms with Gasteiger partial charge in [-0.3, -0.25) is 4.98 Å². The molecule has 0 aliphatic rings. The highest BCUT2D eigenvalue weighted by atomic mass is 16.5. The highest BCUT2D eigenvalue weighted by molar-refractivity contribution is 5.41. The van der Waals surface area contributed by atoms with Gasteiger partial charge >= 0.3 is 0 Å². The third-order valence-corrected chi connectivity index (χ3v) is 3.84. The monoisotopic (exact) mass is 294 g/mol. The zero-order valence-electron chi connectivity index (χ0n) is 14.2. The van der Waals surface area contributed by atoms with Crippen LogP contribution in [0.15, 0.2) is 6.20 Å². The number of aryl methyl sites for hydroxylation is 1. The highest BCUT2D eigenvalue weighted by Crippen LogP contribution is 2.26. The summed E-state index contributed by atoms with van der Waals surface area (Å²) in [5.74, 6) is 1.58. The zero-order valence-corrected chi connectivity index (χ0v) is 14.2. The topological polar surface area (TPSA) is 43.4 Å². The van der Waals surface area contributed by atoms with Crippen LogP contribution in [-0.4, -0.2) is 38.9 Å². The van der Waals surface area contributed by atoms with Crippen molar-refractivity contribution in [3.8, 4) is 5.75 Å². The van der Waals surface area contributed by atoms with Crippen LogP contribution in [0, 0.1) is 19.8 Å². The quantitative estimate of drug-likeness (QED) is 0.674. The predicted molar refractivity (Wildman–Crippen MR) is 87.1 cm³/mol. The van der Waals surface area contributed by atoms with E-state index in [4.69, 9.17) is 9.47 Å². The predicted octanol–water partition coefficient (Wildman–Crippen LogP) is 2.90. The molecule has 0 saturated carbocycles. The molecule has 0 amide bonds. The van der Waals surface area contributed by atoms with E-state index in [0.29, 0.717) is 5.92 Å². The molecule has 0 aliphatic carbocycles. The summed E-state index contributed by atoms with van der Waals surface area (Å²) in [5, 5.41) is 3.47. The SMILES string of the molecule is CCCC(CNCCOC)Cc1ncc(C)c(OC)c1C. The summed E-state index contributed by atoms with van der Waals surface area (Å²) in [5.41, 5.74) is 3.43. The van der Waals surface area contributed by atoms with E-state index < -0.39 is 0 Å². The lowest BCUT2D eigenvalue weighted by Crippen LogP contribution is -2.27. The molecule has 0 spiro atoms. The molecule has 1 unspecified atom stereocenters. The molecule has 21 heavy (non-hydrogen) atoms. The fraction of sp³-hybridized carbons (Fsp3) is 0.706. The maximum Gasteiger partial charge on any atom is 0.128 e. The number of methoxy groups -OCH3 is 2. The molecule has 0 aliphatic heterocycles. The molecule has 0 radical (unpaired) electrons. The number of aromatic nitrogens is 1. The number of hydrogen-bond acceptors (Lipinski definition) is 4. The van der Waals surface area contributed by atoms with Gasteiger partial charge in [-0.1, -0.05) is 13.3 Å². The first-order chi connectivity index (χ1) is 10.1. The van der Waals surface area contributed by atoms with Crippen molar-refractivity contribution in [3.63, 3.8) is 0 Å². The van der Waals surface area contributed by atoms with Gasteiger partial charge in [0.15, 0.2) is 0 Å². The van der Waals surface area contributed by atoms with Crippen molar-refractivity contribution < 1.29 is 9.47 Å². The second-order valence-corrected chi connectivity index (χ2v) is 5.60. The van der Waals surface area contributed by atoms with Crippen LogP contribution >= 0.6 is 0 Å². The Balaban J connectivity index is 2.70. The van der Waals surface area contributed by atoms with Crippen LogP contribution in [0.2, 0.25) is 0 Å². The lowest BCUT2D eigenvalue weighted by molar-refractivity contribution is 0.197. The van der Waals surface area contributed by atoms with Crippen molar-refractivity contribution in [2.45, 2.75) is 40.0 Å². The van der Waals surface area contributed by atoms with Gasteiger partial charge in [0.2, 0.25) is 0 Å². The van der Waals surface area contributed by atoms with Gasteiger partial charge in [0.05, 0.1) is 13.7 Å². The molecule has 1 rings (SSSR count). The van der Waals surface area contributed by atoms with Gasteiger partial charge in [0, 0.05) is 36.7 Å². The molecule has 120 valence electrons. The number of nitrogens with zero attached hydrogens (tertiary/aromatic N) is 1. The van der Waals surface area contributed by atoms with Crippen molar-refractivity contribution in [3.05, 3.63) is 23.0 Å². The Morgan fingerprint density at radius 1 is 1.29 bits per heavy atom. The smallest absolute Gasteiger partial charge is 0.128 e. The molecule has 1 atom stereocenters. The normalized spacial score (nSPS) is 12.4. The Morgan fingerprint density at radius 3 is 2.67 bits per heavy atom. The van der Waals surface area contributed by atoms with E-state index >= 15 is 0 Å². The van der Waals surface area contributed by atoms with Crippen LogP contribution < -0.4 is 10.1 Å². The first-order valence-electron chi connectivity index (χ1n) is 7.82. The van der Waals surface area contributed by atoms with E-state index in [9.17, 15) is 0 Å². The van der Waals surface area contributed by atoms with Gasteiger partial charge in [0.25, 0.3) is 0 Å². The van der Waals surface area contributed by atoms with E-state index in [1.54, 1.807) is 14.2 Å². The Kier molecular flexibility index (Phi) is 8.31. The molecule has 1 heterocycles. The summed E-state index contributed by atoms with van der Waals surface area (Å²) in [7, 11) is 3.46. The summed E-state index contributed by atoms with van der Waals surface area (Å²) < 4.78 is 10.6. The molecule has 1 aromatic rings. The molecule has 1 aromatic heterocycles. The third kappa shape index (κ3) is 5.64. The van der Waals surface area contributed by atoms with Crippen molar-refractivity contribution in [1.82, 2.24) is 10.3 Å². The highest BCUT2D eigenvalue weighted by Gasteiger charge is 2.14. The van der Waals surface area contributed by atoms with Crippen LogP contribution in [-0.2, 0) is 11.2 Å². The van der Waals surface area contributed by atoms with Crippen LogP contribution in [0.4, 0.5) is 0 Å². The second-order valence-electron chi connectivity index (χ2n) is 5.60. The maximum absolute atomic E-state index is 5.50. The van der Waals surface area contributed by atoms with E-state index in [-0.39, 0.29) is 0 Å². The Bertz CT molecular complexity index is 421. The van der Waals surface area contributed by atoms with E-state index in [2.05, 4.69) is 24.1 Å². The third-order valence-electron chi connectivity index (χ3n) is 3.84. The average molecular weight is 294 g/mol. The molecular formula is C17H30N2O2. The molecule has 1 N–H and O–H groups in total. The summed E-state index contributed by atoms with van der Waals surface area (Å²) in [6.45, 7) is 9.05. The minimum absolute atomic E-state index is 0.602. The number of hydrogen-bond donors (Lipinski definition) is 1. The number of ether oxygens (including phenoxy) is 2. The van der Waals surface area contributed by atoms with Crippen LogP contribution in [0.25, 0.3) is 0 Å². The molecule has 4 heteroatoms. The lowest BCUT2D eigenvalue weighted by atomic mass is 9.95. The van der Waals surface area contributed by atoms with Crippen molar-refractivity contribution in [2.24, 2.45) is 5.92 Å². The largest absolute Gasteiger partial charge is 0.496 e. The van der Waals surface area contributed by atoms with Crippen LogP contribution in [0.3, 0.4) is 0 Å². The fourth-order valence-electron chi connectivity index (χ4n) is 2.72. The van der Waals surface area contributed by atoms with E-state index in [1.807, 2.05) is 13.1 Å². The fourth-order valence-corrected chi connectivity index (χ4v) is 2.72. The van der Waals surface area contributed by atoms with Gasteiger partial charge in [0.1, 0.15) is 5.75 Å². The van der Waals surface area contributed by atoms with Gasteiger partial charge in [-0.2, -0.15) is 0 Å². The van der Waals surface area contributed by atoms with Crippen molar-refractivity contribution in [2.75, 3.05) is 33.9 Å². The molecule has 0 aromatic carbocycles. The van der Waals surface area contributed by atoms with Crippen LogP contribution in [0.5, 0.6) is 5.75 Å². The molecule has 0 fully saturated rings. The Hall–Kier alpha value is -1.13. The number of pyridine rings is 1. The van der Waals surface area contributed by atoms with E-state index in [1.165, 1.54) is 18.4 Å². The van der Waals surface area contributed by atoms with Crippen molar-refractivity contribution >= 4 is 0 Å². The molecule has 0 bridgehead atoms. The van der Waals surface area contributed by atoms with Gasteiger partial charge in [-0.15, -0.1) is 0 Å². The van der Waals surface area contributed by atoms with E-state index in [0.717, 1.165) is 43.1 Å². The Labute approximate surface area is 129 Å². The van der Waals surface area contributed by atoms with Gasteiger partial charge in [-0.25, -0.2) is 0 Å². The first kappa shape index (κ1) is 17.9. The minimum atomic E-state index is 0.602. The maximum atomic E-state index is 5.50. The van der Waals surface area contributed by atoms with Crippen molar-refractivity contribution in [1.29, 1.82) is 0 Å². The number of nitrogens with one attached hydrogen (secondary N) is 1. The summed E-state index contributed by atoms with van der Waals surface area (Å²) in [4.78, 5) is 4.62. The summed E-state index contributed by atoms with van der Waals surface area (Å²) >= 11 is 0. The molecular weight excluding hydrogens is 264 g/mol. The molecule has 4 nitrogen and oxygen atoms in total. The molecule has 0 saturated heterocycles. The average Bonchev–Trinajstić information content (AvgIpc) is 2.47. The van der Waals surface area contributed by atoms with Gasteiger partial charge in [-0.05, 0) is 39.2 Å². The zero-order chi connectivity index (χ0) is 15.7. The summed E-state index contributed by atoms with van der Waals surface area (Å²) in [6.07, 6.45) is 5.31.